The van der Waals surface area contributed by atoms with Gasteiger partial charge in [-0.1, -0.05) is 0 Å². The molecular weight excluding hydrogens is 353 g/mol. The molecule has 0 radical (unpaired) electrons. The number of alkyl halides is 1. The Morgan fingerprint density at radius 1 is 1.41 bits per heavy atom. The van der Waals surface area contributed by atoms with Crippen molar-refractivity contribution in [2.75, 3.05) is 13.7 Å². The third kappa shape index (κ3) is 3.15. The van der Waals surface area contributed by atoms with Crippen LogP contribution in [-0.2, 0) is 4.79 Å². The van der Waals surface area contributed by atoms with Gasteiger partial charge >= 0.3 is 0 Å². The number of amides is 2. The largest absolute Gasteiger partial charge is 0.496 e. The van der Waals surface area contributed by atoms with Gasteiger partial charge in [0.2, 0.25) is 5.88 Å². The molecule has 1 saturated heterocycles. The van der Waals surface area contributed by atoms with E-state index in [1.165, 1.54) is 7.11 Å². The summed E-state index contributed by atoms with van der Waals surface area (Å²) in [5.74, 6) is -0.647. The number of fused-ring (bicyclic) bond motifs is 1. The van der Waals surface area contributed by atoms with Gasteiger partial charge in [-0.25, -0.2) is 9.37 Å². The van der Waals surface area contributed by atoms with Gasteiger partial charge in [0.25, 0.3) is 11.8 Å². The van der Waals surface area contributed by atoms with Gasteiger partial charge in [0.15, 0.2) is 6.17 Å². The summed E-state index contributed by atoms with van der Waals surface area (Å²) in [5.41, 5.74) is 5.66. The number of primary amides is 1. The molecule has 0 spiro atoms. The van der Waals surface area contributed by atoms with Gasteiger partial charge in [0.05, 0.1) is 18.7 Å². The van der Waals surface area contributed by atoms with Crippen LogP contribution in [0.15, 0.2) is 24.4 Å². The number of nitrogens with zero attached hydrogens (tertiary/aromatic N) is 1. The van der Waals surface area contributed by atoms with E-state index < -0.39 is 18.0 Å². The van der Waals surface area contributed by atoms with Crippen LogP contribution >= 0.6 is 0 Å². The minimum Gasteiger partial charge on any atom is -0.496 e. The normalized spacial score (nSPS) is 24.7. The van der Waals surface area contributed by atoms with Crippen molar-refractivity contribution in [2.24, 2.45) is 17.6 Å². The molecule has 142 valence electrons. The Balaban J connectivity index is 1.60. The molecule has 0 bridgehead atoms. The van der Waals surface area contributed by atoms with E-state index in [1.54, 1.807) is 24.4 Å². The third-order valence-corrected chi connectivity index (χ3v) is 5.26. The first kappa shape index (κ1) is 17.5. The Morgan fingerprint density at radius 2 is 2.19 bits per heavy atom. The van der Waals surface area contributed by atoms with E-state index in [2.05, 4.69) is 10.3 Å². The summed E-state index contributed by atoms with van der Waals surface area (Å²) in [6, 6.07) is 4.61. The van der Waals surface area contributed by atoms with Crippen molar-refractivity contribution in [3.05, 3.63) is 30.0 Å². The van der Waals surface area contributed by atoms with Crippen molar-refractivity contribution < 1.29 is 23.5 Å². The van der Waals surface area contributed by atoms with E-state index in [9.17, 15) is 14.0 Å². The molecule has 1 aliphatic heterocycles. The minimum absolute atomic E-state index is 0.124. The van der Waals surface area contributed by atoms with Gasteiger partial charge in [0, 0.05) is 17.5 Å². The summed E-state index contributed by atoms with van der Waals surface area (Å²) in [6.07, 6.45) is 1.95. The number of nitrogens with one attached hydrogen (secondary N) is 1. The van der Waals surface area contributed by atoms with E-state index in [-0.39, 0.29) is 30.0 Å². The number of methoxy groups -OCH3 is 1. The van der Waals surface area contributed by atoms with E-state index in [0.29, 0.717) is 22.4 Å². The second-order valence-corrected chi connectivity index (χ2v) is 7.00. The van der Waals surface area contributed by atoms with Crippen molar-refractivity contribution in [1.82, 2.24) is 10.3 Å². The number of ether oxygens (including phenoxy) is 2. The number of carbonyl (C=O) groups excluding carboxylic acids is 2. The zero-order chi connectivity index (χ0) is 19.1. The maximum absolute atomic E-state index is 14.2. The highest BCUT2D eigenvalue weighted by molar-refractivity contribution is 6.01. The Hall–Kier alpha value is -2.90. The van der Waals surface area contributed by atoms with Gasteiger partial charge < -0.3 is 20.5 Å². The van der Waals surface area contributed by atoms with Crippen LogP contribution in [0.1, 0.15) is 23.2 Å². The average molecular weight is 373 g/mol. The molecule has 8 heteroatoms. The fraction of sp³-hybridized carbons (Fsp3) is 0.421. The number of nitrogens with two attached hydrogens (primary N) is 1. The molecule has 1 aromatic carbocycles. The van der Waals surface area contributed by atoms with Gasteiger partial charge in [-0.2, -0.15) is 0 Å². The first-order chi connectivity index (χ1) is 13.0. The summed E-state index contributed by atoms with van der Waals surface area (Å²) in [6.45, 7) is 0.124. The molecule has 2 fully saturated rings. The quantitative estimate of drug-likeness (QED) is 0.800. The van der Waals surface area contributed by atoms with Gasteiger partial charge in [-0.3, -0.25) is 9.59 Å². The first-order valence-electron chi connectivity index (χ1n) is 8.83. The highest BCUT2D eigenvalue weighted by Crippen LogP contribution is 2.43. The SMILES string of the molecule is COc1cc2c(OCC3NC(=O)[C@@H](F)C3C3CC3)nccc2cc1C(N)=O. The van der Waals surface area contributed by atoms with Crippen molar-refractivity contribution in [3.8, 4) is 11.6 Å². The molecule has 1 aromatic heterocycles. The number of hydrogen-bond acceptors (Lipinski definition) is 5. The van der Waals surface area contributed by atoms with Crippen LogP contribution in [0.2, 0.25) is 0 Å². The van der Waals surface area contributed by atoms with E-state index in [0.717, 1.165) is 12.8 Å². The number of aromatic nitrogens is 1. The molecule has 2 aromatic rings. The van der Waals surface area contributed by atoms with Crippen molar-refractivity contribution >= 4 is 22.6 Å². The number of benzene rings is 1. The molecule has 1 aliphatic carbocycles. The maximum Gasteiger partial charge on any atom is 0.255 e. The number of rotatable bonds is 6. The third-order valence-electron chi connectivity index (χ3n) is 5.26. The lowest BCUT2D eigenvalue weighted by molar-refractivity contribution is -0.124. The average Bonchev–Trinajstić information content (AvgIpc) is 3.45. The lowest BCUT2D eigenvalue weighted by Crippen LogP contribution is -2.35. The smallest absolute Gasteiger partial charge is 0.255 e. The molecule has 7 nitrogen and oxygen atoms in total. The summed E-state index contributed by atoms with van der Waals surface area (Å²) in [7, 11) is 1.44. The van der Waals surface area contributed by atoms with Crippen molar-refractivity contribution in [2.45, 2.75) is 25.1 Å². The topological polar surface area (TPSA) is 104 Å². The second kappa shape index (κ2) is 6.68. The van der Waals surface area contributed by atoms with Crippen molar-refractivity contribution in [3.63, 3.8) is 0 Å². The standard InChI is InChI=1S/C19H20FN3O4/c1-26-14-7-11-10(6-12(14)17(21)24)4-5-22-19(11)27-8-13-15(9-2-3-9)16(20)18(25)23-13/h4-7,9,13,15-16H,2-3,8H2,1H3,(H2,21,24)(H,23,25)/t13?,15?,16-/m0/s1. The van der Waals surface area contributed by atoms with Gasteiger partial charge in [0.1, 0.15) is 12.4 Å². The molecule has 2 aliphatic rings. The monoisotopic (exact) mass is 373 g/mol. The lowest BCUT2D eigenvalue weighted by Gasteiger charge is -2.20. The summed E-state index contributed by atoms with van der Waals surface area (Å²) in [4.78, 5) is 27.6. The summed E-state index contributed by atoms with van der Waals surface area (Å²) >= 11 is 0. The van der Waals surface area contributed by atoms with Crippen LogP contribution in [0.25, 0.3) is 10.8 Å². The highest BCUT2D eigenvalue weighted by atomic mass is 19.1. The van der Waals surface area contributed by atoms with Crippen LogP contribution in [0, 0.1) is 11.8 Å². The number of carbonyl (C=O) groups is 2. The molecule has 1 saturated carbocycles. The Morgan fingerprint density at radius 3 is 2.85 bits per heavy atom. The molecule has 4 rings (SSSR count). The van der Waals surface area contributed by atoms with Crippen LogP contribution in [0.5, 0.6) is 11.6 Å². The second-order valence-electron chi connectivity index (χ2n) is 7.00. The van der Waals surface area contributed by atoms with Crippen molar-refractivity contribution in [1.29, 1.82) is 0 Å². The highest BCUT2D eigenvalue weighted by Gasteiger charge is 2.50. The first-order valence-corrected chi connectivity index (χ1v) is 8.83. The predicted octanol–water partition coefficient (Wildman–Crippen LogP) is 1.58. The molecule has 2 amide bonds. The van der Waals surface area contributed by atoms with E-state index >= 15 is 0 Å². The van der Waals surface area contributed by atoms with Gasteiger partial charge in [-0.15, -0.1) is 0 Å². The zero-order valence-electron chi connectivity index (χ0n) is 14.8. The minimum atomic E-state index is -1.48. The Bertz CT molecular complexity index is 915. The van der Waals surface area contributed by atoms with E-state index in [1.807, 2.05) is 0 Å². The van der Waals surface area contributed by atoms with Crippen LogP contribution in [-0.4, -0.2) is 42.7 Å². The van der Waals surface area contributed by atoms with Gasteiger partial charge in [-0.05, 0) is 42.3 Å². The molecule has 2 unspecified atom stereocenters. The predicted molar refractivity (Wildman–Crippen MR) is 95.3 cm³/mol. The molecule has 2 heterocycles. The number of pyridine rings is 1. The summed E-state index contributed by atoms with van der Waals surface area (Å²) in [5, 5.41) is 4.04. The Kier molecular flexibility index (Phi) is 4.33. The van der Waals surface area contributed by atoms with Crippen LogP contribution in [0.3, 0.4) is 0 Å². The molecular formula is C19H20FN3O4. The maximum atomic E-state index is 14.2. The molecule has 27 heavy (non-hydrogen) atoms. The van der Waals surface area contributed by atoms with Crippen LogP contribution < -0.4 is 20.5 Å². The summed E-state index contributed by atoms with van der Waals surface area (Å²) < 4.78 is 25.3. The fourth-order valence-corrected chi connectivity index (χ4v) is 3.76. The number of halogens is 1. The lowest BCUT2D eigenvalue weighted by atomic mass is 9.94. The number of hydrogen-bond donors (Lipinski definition) is 2. The van der Waals surface area contributed by atoms with E-state index in [4.69, 9.17) is 15.2 Å². The van der Waals surface area contributed by atoms with Crippen LogP contribution in [0.4, 0.5) is 4.39 Å². The zero-order valence-corrected chi connectivity index (χ0v) is 14.8. The fourth-order valence-electron chi connectivity index (χ4n) is 3.76. The molecule has 3 N–H and O–H groups in total. The Labute approximate surface area is 155 Å². The molecule has 3 atom stereocenters.